The predicted molar refractivity (Wildman–Crippen MR) is 187 cm³/mol. The molecule has 12 heteroatoms. The van der Waals surface area contributed by atoms with Gasteiger partial charge in [0.15, 0.2) is 0 Å². The highest BCUT2D eigenvalue weighted by Crippen LogP contribution is 2.41. The van der Waals surface area contributed by atoms with Crippen molar-refractivity contribution in [2.45, 2.75) is 116 Å². The summed E-state index contributed by atoms with van der Waals surface area (Å²) >= 11 is 0. The van der Waals surface area contributed by atoms with Gasteiger partial charge in [0.25, 0.3) is 0 Å². The number of nitrogens with one attached hydrogen (secondary N) is 2. The van der Waals surface area contributed by atoms with Gasteiger partial charge >= 0.3 is 12.1 Å². The smallest absolute Gasteiger partial charge is 0.407 e. The fourth-order valence-corrected chi connectivity index (χ4v) is 8.46. The van der Waals surface area contributed by atoms with Gasteiger partial charge in [-0.25, -0.2) is 18.4 Å². The van der Waals surface area contributed by atoms with Crippen LogP contribution in [-0.4, -0.2) is 77.5 Å². The number of fused-ring (bicyclic) bond motifs is 1. The normalized spacial score (nSPS) is 23.8. The molecule has 1 aromatic heterocycles. The minimum Gasteiger partial charge on any atom is -0.461 e. The molecule has 2 aromatic rings. The number of hydrogen-bond donors (Lipinski definition) is 2. The second kappa shape index (κ2) is 16.5. The van der Waals surface area contributed by atoms with Gasteiger partial charge in [-0.3, -0.25) is 9.59 Å². The Morgan fingerprint density at radius 1 is 0.960 bits per heavy atom. The zero-order chi connectivity index (χ0) is 36.0. The Morgan fingerprint density at radius 2 is 1.68 bits per heavy atom. The summed E-state index contributed by atoms with van der Waals surface area (Å²) in [4.78, 5) is 55.1. The maximum Gasteiger partial charge on any atom is 0.407 e. The molecule has 2 N–H and O–H groups in total. The molecular formula is C38H54F2N4O6. The van der Waals surface area contributed by atoms with Gasteiger partial charge in [0, 0.05) is 29.1 Å². The van der Waals surface area contributed by atoms with E-state index < -0.39 is 43.1 Å². The Kier molecular flexibility index (Phi) is 12.4. The van der Waals surface area contributed by atoms with E-state index >= 15 is 0 Å². The van der Waals surface area contributed by atoms with Crippen molar-refractivity contribution in [2.24, 2.45) is 23.7 Å². The molecule has 5 rings (SSSR count). The van der Waals surface area contributed by atoms with Crippen molar-refractivity contribution in [3.63, 3.8) is 0 Å². The summed E-state index contributed by atoms with van der Waals surface area (Å²) in [5.41, 5.74) is 0.757. The van der Waals surface area contributed by atoms with Crippen LogP contribution in [0.1, 0.15) is 102 Å². The van der Waals surface area contributed by atoms with Crippen LogP contribution in [0.15, 0.2) is 24.3 Å². The third-order valence-corrected chi connectivity index (χ3v) is 10.8. The summed E-state index contributed by atoms with van der Waals surface area (Å²) in [6, 6.07) is 5.64. The molecule has 0 unspecified atom stereocenters. The number of carbonyl (C=O) groups excluding carboxylic acids is 4. The summed E-state index contributed by atoms with van der Waals surface area (Å²) in [6.45, 7) is 6.34. The van der Waals surface area contributed by atoms with Crippen LogP contribution in [0.25, 0.3) is 10.9 Å². The van der Waals surface area contributed by atoms with Gasteiger partial charge in [-0.1, -0.05) is 32.1 Å². The van der Waals surface area contributed by atoms with Crippen molar-refractivity contribution < 1.29 is 37.4 Å². The van der Waals surface area contributed by atoms with Crippen LogP contribution in [0.4, 0.5) is 19.3 Å². The molecule has 2 saturated carbocycles. The molecule has 10 nitrogen and oxygen atoms in total. The average molecular weight is 701 g/mol. The standard InChI is InChI=1S/C38H54F2N4O6/c1-5-49-36(47)32-22-27-21-28(15-16-31(27)43(32)20-18-39)41-34(45)33-29(24-9-7-6-8-10-24)17-19-44(33)35(46)26-13-11-25(12-14-26)30(23-40)42-37(48)50-38(2,3)4/h15-16,21-22,24-26,29-30,33H,5-14,17-20,23H2,1-4H3,(H,41,45)(H,42,48)/t25?,26?,29-,30+,33+/m0/s1. The van der Waals surface area contributed by atoms with E-state index in [2.05, 4.69) is 10.6 Å². The predicted octanol–water partition coefficient (Wildman–Crippen LogP) is 7.19. The highest BCUT2D eigenvalue weighted by atomic mass is 19.1. The van der Waals surface area contributed by atoms with Gasteiger partial charge in [0.05, 0.1) is 19.2 Å². The summed E-state index contributed by atoms with van der Waals surface area (Å²) in [6.07, 6.45) is 7.94. The lowest BCUT2D eigenvalue weighted by Gasteiger charge is -2.37. The number of hydrogen-bond acceptors (Lipinski definition) is 6. The van der Waals surface area contributed by atoms with E-state index in [1.54, 1.807) is 61.4 Å². The van der Waals surface area contributed by atoms with Gasteiger partial charge in [0.1, 0.15) is 30.7 Å². The fourth-order valence-electron chi connectivity index (χ4n) is 8.46. The van der Waals surface area contributed by atoms with E-state index in [4.69, 9.17) is 9.47 Å². The molecule has 3 aliphatic rings. The van der Waals surface area contributed by atoms with Crippen LogP contribution in [0.2, 0.25) is 0 Å². The zero-order valence-electron chi connectivity index (χ0n) is 30.0. The highest BCUT2D eigenvalue weighted by Gasteiger charge is 2.47. The number of alkyl carbamates (subject to hydrolysis) is 1. The molecule has 2 heterocycles. The molecule has 0 spiro atoms. The minimum absolute atomic E-state index is 0.00215. The summed E-state index contributed by atoms with van der Waals surface area (Å²) in [7, 11) is 0. The zero-order valence-corrected chi connectivity index (χ0v) is 30.0. The molecule has 1 saturated heterocycles. The molecule has 50 heavy (non-hydrogen) atoms. The van der Waals surface area contributed by atoms with Gasteiger partial charge in [-0.15, -0.1) is 0 Å². The number of benzene rings is 1. The molecule has 3 amide bonds. The number of nitrogens with zero attached hydrogens (tertiary/aromatic N) is 2. The average Bonchev–Trinajstić information content (AvgIpc) is 3.69. The van der Waals surface area contributed by atoms with Gasteiger partial charge < -0.3 is 29.6 Å². The van der Waals surface area contributed by atoms with Gasteiger partial charge in [-0.05, 0) is 102 Å². The van der Waals surface area contributed by atoms with Crippen LogP contribution in [0.3, 0.4) is 0 Å². The summed E-state index contributed by atoms with van der Waals surface area (Å²) in [5, 5.41) is 6.45. The Labute approximate surface area is 294 Å². The Morgan fingerprint density at radius 3 is 2.32 bits per heavy atom. The van der Waals surface area contributed by atoms with Crippen LogP contribution < -0.4 is 10.6 Å². The number of carbonyl (C=O) groups is 4. The van der Waals surface area contributed by atoms with E-state index in [1.807, 2.05) is 0 Å². The minimum atomic E-state index is -0.712. The largest absolute Gasteiger partial charge is 0.461 e. The van der Waals surface area contributed by atoms with E-state index in [1.165, 1.54) is 6.42 Å². The van der Waals surface area contributed by atoms with E-state index in [0.29, 0.717) is 54.7 Å². The summed E-state index contributed by atoms with van der Waals surface area (Å²) < 4.78 is 39.6. The van der Waals surface area contributed by atoms with Crippen LogP contribution in [0.5, 0.6) is 0 Å². The molecule has 1 aromatic carbocycles. The molecule has 3 atom stereocenters. The third-order valence-electron chi connectivity index (χ3n) is 10.8. The number of anilines is 1. The number of likely N-dealkylation sites (tertiary alicyclic amines) is 1. The Bertz CT molecular complexity index is 1510. The Hall–Kier alpha value is -3.70. The molecule has 276 valence electrons. The summed E-state index contributed by atoms with van der Waals surface area (Å²) in [5.74, 6) is -0.767. The first-order chi connectivity index (χ1) is 23.9. The molecule has 2 aliphatic carbocycles. The first-order valence-electron chi connectivity index (χ1n) is 18.5. The van der Waals surface area contributed by atoms with E-state index in [9.17, 15) is 28.0 Å². The van der Waals surface area contributed by atoms with Crippen LogP contribution >= 0.6 is 0 Å². The maximum atomic E-state index is 14.2. The second-order valence-corrected chi connectivity index (χ2v) is 15.2. The van der Waals surface area contributed by atoms with Crippen molar-refractivity contribution in [3.05, 3.63) is 30.0 Å². The van der Waals surface area contributed by atoms with E-state index in [0.717, 1.165) is 32.1 Å². The third kappa shape index (κ3) is 8.77. The number of esters is 1. The number of ether oxygens (including phenoxy) is 2. The monoisotopic (exact) mass is 700 g/mol. The van der Waals surface area contributed by atoms with Crippen LogP contribution in [0, 0.1) is 23.7 Å². The number of rotatable bonds is 11. The van der Waals surface area contributed by atoms with Gasteiger partial charge in [-0.2, -0.15) is 0 Å². The van der Waals surface area contributed by atoms with Gasteiger partial charge in [0.2, 0.25) is 11.8 Å². The fraction of sp³-hybridized carbons (Fsp3) is 0.684. The first kappa shape index (κ1) is 37.6. The lowest BCUT2D eigenvalue weighted by Crippen LogP contribution is -2.50. The van der Waals surface area contributed by atoms with Crippen molar-refractivity contribution in [1.29, 1.82) is 0 Å². The highest BCUT2D eigenvalue weighted by molar-refractivity contribution is 6.01. The van der Waals surface area contributed by atoms with E-state index in [-0.39, 0.29) is 48.4 Å². The first-order valence-corrected chi connectivity index (χ1v) is 18.5. The molecule has 3 fully saturated rings. The van der Waals surface area contributed by atoms with Crippen molar-refractivity contribution in [1.82, 2.24) is 14.8 Å². The topological polar surface area (TPSA) is 119 Å². The maximum absolute atomic E-state index is 14.2. The number of amides is 3. The molecular weight excluding hydrogens is 646 g/mol. The lowest BCUT2D eigenvalue weighted by molar-refractivity contribution is -0.142. The molecule has 0 bridgehead atoms. The number of alkyl halides is 2. The van der Waals surface area contributed by atoms with Crippen molar-refractivity contribution >= 4 is 40.5 Å². The quantitative estimate of drug-likeness (QED) is 0.240. The lowest BCUT2D eigenvalue weighted by atomic mass is 9.76. The van der Waals surface area contributed by atoms with Crippen molar-refractivity contribution in [3.8, 4) is 0 Å². The number of aromatic nitrogens is 1. The van der Waals surface area contributed by atoms with Crippen LogP contribution in [-0.2, 0) is 25.6 Å². The Balaban J connectivity index is 1.30. The number of aryl methyl sites for hydroxylation is 1. The SMILES string of the molecule is CCOC(=O)c1cc2cc(NC(=O)[C@H]3[C@H](C4CCCCC4)CCN3C(=O)C3CCC([C@@H](CF)NC(=O)OC(C)(C)C)CC3)ccc2n1CCF. The number of halogens is 2. The van der Waals surface area contributed by atoms with Crippen molar-refractivity contribution in [2.75, 3.05) is 31.8 Å². The molecule has 1 aliphatic heterocycles. The molecule has 0 radical (unpaired) electrons. The second-order valence-electron chi connectivity index (χ2n) is 15.2.